The summed E-state index contributed by atoms with van der Waals surface area (Å²) in [6.07, 6.45) is 6.41. The molecule has 7 heteroatoms. The Bertz CT molecular complexity index is 1290. The number of rotatable bonds is 5. The number of nitrogens with one attached hydrogen (secondary N) is 2. The second-order valence-electron chi connectivity index (χ2n) is 7.66. The maximum absolute atomic E-state index is 12.7. The van der Waals surface area contributed by atoms with Crippen molar-refractivity contribution in [3.63, 3.8) is 0 Å². The highest BCUT2D eigenvalue weighted by Crippen LogP contribution is 2.27. The molecule has 0 amide bonds. The van der Waals surface area contributed by atoms with Crippen LogP contribution < -0.4 is 4.72 Å². The standard InChI is InChI=1S/C22H22N4O2S/c27-29(28,11-10-16-6-3-5-15-4-1-2-7-19(15)16)26-18-8-9-20-17(12-18)13-23-22-21(20)14-24-25-22/h1-7,13-14,18,26H,8-12H2,(H,23,24,25). The van der Waals surface area contributed by atoms with Crippen molar-refractivity contribution in [2.75, 3.05) is 5.75 Å². The van der Waals surface area contributed by atoms with Crippen LogP contribution in [0, 0.1) is 0 Å². The highest BCUT2D eigenvalue weighted by molar-refractivity contribution is 7.89. The van der Waals surface area contributed by atoms with Gasteiger partial charge in [0, 0.05) is 17.6 Å². The van der Waals surface area contributed by atoms with Crippen LogP contribution in [-0.2, 0) is 29.3 Å². The highest BCUT2D eigenvalue weighted by atomic mass is 32.2. The van der Waals surface area contributed by atoms with Crippen LogP contribution in [0.15, 0.2) is 54.9 Å². The van der Waals surface area contributed by atoms with Gasteiger partial charge in [-0.1, -0.05) is 42.5 Å². The molecule has 148 valence electrons. The van der Waals surface area contributed by atoms with Gasteiger partial charge in [0.15, 0.2) is 5.65 Å². The number of nitrogens with zero attached hydrogens (tertiary/aromatic N) is 2. The summed E-state index contributed by atoms with van der Waals surface area (Å²) in [5, 5.41) is 10.3. The summed E-state index contributed by atoms with van der Waals surface area (Å²) in [6, 6.07) is 14.0. The summed E-state index contributed by atoms with van der Waals surface area (Å²) < 4.78 is 28.4. The molecule has 2 N–H and O–H groups in total. The van der Waals surface area contributed by atoms with Crippen molar-refractivity contribution in [3.8, 4) is 0 Å². The number of aromatic nitrogens is 3. The number of hydrogen-bond acceptors (Lipinski definition) is 4. The van der Waals surface area contributed by atoms with Gasteiger partial charge >= 0.3 is 0 Å². The van der Waals surface area contributed by atoms with E-state index in [1.54, 1.807) is 6.20 Å². The maximum Gasteiger partial charge on any atom is 0.212 e. The zero-order chi connectivity index (χ0) is 19.8. The molecule has 0 fully saturated rings. The smallest absolute Gasteiger partial charge is 0.212 e. The van der Waals surface area contributed by atoms with E-state index in [9.17, 15) is 8.42 Å². The first-order valence-electron chi connectivity index (χ1n) is 9.85. The monoisotopic (exact) mass is 406 g/mol. The minimum absolute atomic E-state index is 0.0867. The van der Waals surface area contributed by atoms with Crippen molar-refractivity contribution < 1.29 is 8.42 Å². The number of pyridine rings is 1. The van der Waals surface area contributed by atoms with Gasteiger partial charge in [0.1, 0.15) is 0 Å². The van der Waals surface area contributed by atoms with E-state index >= 15 is 0 Å². The molecule has 2 heterocycles. The van der Waals surface area contributed by atoms with Crippen molar-refractivity contribution in [2.24, 2.45) is 0 Å². The van der Waals surface area contributed by atoms with E-state index in [0.717, 1.165) is 45.8 Å². The average Bonchev–Trinajstić information content (AvgIpc) is 3.21. The van der Waals surface area contributed by atoms with Gasteiger partial charge in [-0.3, -0.25) is 5.10 Å². The molecular formula is C22H22N4O2S. The molecule has 0 bridgehead atoms. The van der Waals surface area contributed by atoms with Crippen molar-refractivity contribution in [2.45, 2.75) is 31.7 Å². The summed E-state index contributed by atoms with van der Waals surface area (Å²) in [6.45, 7) is 0. The number of H-pyrrole nitrogens is 1. The molecule has 1 unspecified atom stereocenters. The topological polar surface area (TPSA) is 87.7 Å². The zero-order valence-electron chi connectivity index (χ0n) is 15.9. The lowest BCUT2D eigenvalue weighted by Crippen LogP contribution is -2.40. The zero-order valence-corrected chi connectivity index (χ0v) is 16.7. The molecule has 1 aliphatic rings. The van der Waals surface area contributed by atoms with E-state index in [1.165, 1.54) is 5.56 Å². The minimum atomic E-state index is -3.37. The second kappa shape index (κ2) is 7.24. The molecule has 0 saturated heterocycles. The third kappa shape index (κ3) is 3.63. The van der Waals surface area contributed by atoms with E-state index in [2.05, 4.69) is 32.0 Å². The first-order chi connectivity index (χ1) is 14.1. The first-order valence-corrected chi connectivity index (χ1v) is 11.5. The van der Waals surface area contributed by atoms with Crippen molar-refractivity contribution >= 4 is 31.8 Å². The third-order valence-corrected chi connectivity index (χ3v) is 7.19. The number of hydrogen-bond donors (Lipinski definition) is 2. The molecule has 6 nitrogen and oxygen atoms in total. The van der Waals surface area contributed by atoms with Crippen LogP contribution in [0.1, 0.15) is 23.1 Å². The summed E-state index contributed by atoms with van der Waals surface area (Å²) >= 11 is 0. The molecule has 2 aromatic heterocycles. The molecule has 0 radical (unpaired) electrons. The predicted octanol–water partition coefficient (Wildman–Crippen LogP) is 3.13. The number of benzene rings is 2. The van der Waals surface area contributed by atoms with E-state index in [4.69, 9.17) is 0 Å². The number of aromatic amines is 1. The molecular weight excluding hydrogens is 384 g/mol. The fraction of sp³-hybridized carbons (Fsp3) is 0.273. The Balaban J connectivity index is 1.29. The molecule has 1 atom stereocenters. The lowest BCUT2D eigenvalue weighted by atomic mass is 9.88. The minimum Gasteiger partial charge on any atom is -0.261 e. The molecule has 1 aliphatic carbocycles. The van der Waals surface area contributed by atoms with Gasteiger partial charge in [-0.05, 0) is 53.1 Å². The highest BCUT2D eigenvalue weighted by Gasteiger charge is 2.25. The average molecular weight is 407 g/mol. The van der Waals surface area contributed by atoms with Crippen LogP contribution in [0.5, 0.6) is 0 Å². The predicted molar refractivity (Wildman–Crippen MR) is 114 cm³/mol. The van der Waals surface area contributed by atoms with Gasteiger partial charge in [-0.2, -0.15) is 5.10 Å². The van der Waals surface area contributed by atoms with Crippen molar-refractivity contribution in [3.05, 3.63) is 71.5 Å². The van der Waals surface area contributed by atoms with Crippen molar-refractivity contribution in [1.82, 2.24) is 19.9 Å². The van der Waals surface area contributed by atoms with Gasteiger partial charge in [0.2, 0.25) is 10.0 Å². The van der Waals surface area contributed by atoms with Gasteiger partial charge in [-0.25, -0.2) is 18.1 Å². The van der Waals surface area contributed by atoms with Crippen LogP contribution in [0.4, 0.5) is 0 Å². The Morgan fingerprint density at radius 1 is 1.07 bits per heavy atom. The van der Waals surface area contributed by atoms with Gasteiger partial charge in [0.05, 0.1) is 11.9 Å². The van der Waals surface area contributed by atoms with E-state index < -0.39 is 10.0 Å². The van der Waals surface area contributed by atoms with E-state index in [0.29, 0.717) is 12.8 Å². The Morgan fingerprint density at radius 3 is 2.86 bits per heavy atom. The lowest BCUT2D eigenvalue weighted by molar-refractivity contribution is 0.508. The van der Waals surface area contributed by atoms with Crippen LogP contribution in [0.3, 0.4) is 0 Å². The summed E-state index contributed by atoms with van der Waals surface area (Å²) in [7, 11) is -3.37. The summed E-state index contributed by atoms with van der Waals surface area (Å²) in [4.78, 5) is 4.40. The van der Waals surface area contributed by atoms with Crippen LogP contribution in [0.2, 0.25) is 0 Å². The summed E-state index contributed by atoms with van der Waals surface area (Å²) in [5.74, 6) is 0.0867. The Morgan fingerprint density at radius 2 is 1.93 bits per heavy atom. The third-order valence-electron chi connectivity index (χ3n) is 5.76. The SMILES string of the molecule is O=S(=O)(CCc1cccc2ccccc12)NC1CCc2c(cnc3[nH]ncc23)C1. The van der Waals surface area contributed by atoms with Gasteiger partial charge in [-0.15, -0.1) is 0 Å². The van der Waals surface area contributed by atoms with Crippen LogP contribution in [-0.4, -0.2) is 35.4 Å². The normalized spacial score (nSPS) is 16.9. The summed E-state index contributed by atoms with van der Waals surface area (Å²) in [5.41, 5.74) is 4.19. The molecule has 0 aliphatic heterocycles. The fourth-order valence-corrected chi connectivity index (χ4v) is 5.63. The number of fused-ring (bicyclic) bond motifs is 4. The van der Waals surface area contributed by atoms with Gasteiger partial charge < -0.3 is 0 Å². The van der Waals surface area contributed by atoms with Gasteiger partial charge in [0.25, 0.3) is 0 Å². The Kier molecular flexibility index (Phi) is 4.56. The van der Waals surface area contributed by atoms with Crippen LogP contribution in [0.25, 0.3) is 21.8 Å². The Labute approximate surface area is 169 Å². The molecule has 2 aromatic carbocycles. The molecule has 4 aromatic rings. The molecule has 0 saturated carbocycles. The fourth-order valence-electron chi connectivity index (χ4n) is 4.32. The molecule has 0 spiro atoms. The van der Waals surface area contributed by atoms with Crippen molar-refractivity contribution in [1.29, 1.82) is 0 Å². The number of sulfonamides is 1. The van der Waals surface area contributed by atoms with E-state index in [-0.39, 0.29) is 11.8 Å². The maximum atomic E-state index is 12.7. The molecule has 5 rings (SSSR count). The Hall–Kier alpha value is -2.77. The first kappa shape index (κ1) is 18.3. The van der Waals surface area contributed by atoms with E-state index in [1.807, 2.05) is 36.5 Å². The lowest BCUT2D eigenvalue weighted by Gasteiger charge is -2.25. The largest absolute Gasteiger partial charge is 0.261 e. The number of aryl methyl sites for hydroxylation is 2. The molecule has 29 heavy (non-hydrogen) atoms. The van der Waals surface area contributed by atoms with Crippen LogP contribution >= 0.6 is 0 Å². The second-order valence-corrected chi connectivity index (χ2v) is 9.53. The quantitative estimate of drug-likeness (QED) is 0.533.